The van der Waals surface area contributed by atoms with Gasteiger partial charge in [-0.05, 0) is 55.5 Å². The number of carbonyl (C=O) groups excluding carboxylic acids is 2. The maximum Gasteiger partial charge on any atom is 0.229 e. The normalized spacial score (nSPS) is 12.3. The van der Waals surface area contributed by atoms with Crippen LogP contribution in [-0.4, -0.2) is 32.3 Å². The summed E-state index contributed by atoms with van der Waals surface area (Å²) in [6.07, 6.45) is 0.761. The van der Waals surface area contributed by atoms with Gasteiger partial charge in [-0.2, -0.15) is 0 Å². The van der Waals surface area contributed by atoms with Gasteiger partial charge >= 0.3 is 0 Å². The molecule has 0 fully saturated rings. The summed E-state index contributed by atoms with van der Waals surface area (Å²) in [7, 11) is -3.36. The minimum atomic E-state index is -3.36. The Balaban J connectivity index is 2.04. The van der Waals surface area contributed by atoms with Crippen LogP contribution in [0.4, 0.5) is 5.69 Å². The SMILES string of the molecule is CCC(=O)c1ccc(O[C@H](C)C(=O)c2ccc(NS(C)(=O)=O)cc2)cc1. The van der Waals surface area contributed by atoms with Gasteiger partial charge in [-0.3, -0.25) is 14.3 Å². The Morgan fingerprint density at radius 2 is 1.54 bits per heavy atom. The van der Waals surface area contributed by atoms with Gasteiger partial charge in [-0.15, -0.1) is 0 Å². The van der Waals surface area contributed by atoms with Crippen LogP contribution in [-0.2, 0) is 10.0 Å². The van der Waals surface area contributed by atoms with Crippen LogP contribution >= 0.6 is 0 Å². The lowest BCUT2D eigenvalue weighted by Gasteiger charge is -2.14. The Morgan fingerprint density at radius 3 is 2.04 bits per heavy atom. The van der Waals surface area contributed by atoms with Gasteiger partial charge in [0.2, 0.25) is 15.8 Å². The van der Waals surface area contributed by atoms with Gasteiger partial charge in [0.15, 0.2) is 11.9 Å². The molecule has 1 atom stereocenters. The first kappa shape index (κ1) is 19.7. The van der Waals surface area contributed by atoms with E-state index >= 15 is 0 Å². The van der Waals surface area contributed by atoms with Gasteiger partial charge in [0.05, 0.1) is 6.26 Å². The topological polar surface area (TPSA) is 89.5 Å². The van der Waals surface area contributed by atoms with Crippen LogP contribution < -0.4 is 9.46 Å². The number of rotatable bonds is 8. The number of ketones is 2. The standard InChI is InChI=1S/C19H21NO5S/c1-4-18(21)14-7-11-17(12-8-14)25-13(2)19(22)15-5-9-16(10-6-15)20-26(3,23)24/h5-13,20H,4H2,1-3H3/t13-/m1/s1. The van der Waals surface area contributed by atoms with E-state index in [-0.39, 0.29) is 11.6 Å². The van der Waals surface area contributed by atoms with Gasteiger partial charge in [0, 0.05) is 23.2 Å². The molecule has 0 aliphatic heterocycles. The van der Waals surface area contributed by atoms with Crippen molar-refractivity contribution >= 4 is 27.3 Å². The van der Waals surface area contributed by atoms with Gasteiger partial charge in [-0.1, -0.05) is 6.92 Å². The van der Waals surface area contributed by atoms with E-state index in [9.17, 15) is 18.0 Å². The molecule has 0 aliphatic carbocycles. The highest BCUT2D eigenvalue weighted by Crippen LogP contribution is 2.18. The fraction of sp³-hybridized carbons (Fsp3) is 0.263. The van der Waals surface area contributed by atoms with E-state index in [0.29, 0.717) is 29.0 Å². The predicted molar refractivity (Wildman–Crippen MR) is 100 cm³/mol. The summed E-state index contributed by atoms with van der Waals surface area (Å²) < 4.78 is 30.4. The highest BCUT2D eigenvalue weighted by molar-refractivity contribution is 7.92. The van der Waals surface area contributed by atoms with E-state index in [4.69, 9.17) is 4.74 Å². The second kappa shape index (κ2) is 8.14. The van der Waals surface area contributed by atoms with Crippen LogP contribution in [0.15, 0.2) is 48.5 Å². The molecule has 0 radical (unpaired) electrons. The molecule has 7 heteroatoms. The third-order valence-corrected chi connectivity index (χ3v) is 4.26. The van der Waals surface area contributed by atoms with Crippen molar-refractivity contribution in [1.29, 1.82) is 0 Å². The number of nitrogens with one attached hydrogen (secondary N) is 1. The summed E-state index contributed by atoms with van der Waals surface area (Å²) in [5.74, 6) is 0.307. The summed E-state index contributed by atoms with van der Waals surface area (Å²) in [5, 5.41) is 0. The maximum absolute atomic E-state index is 12.4. The summed E-state index contributed by atoms with van der Waals surface area (Å²) in [5.41, 5.74) is 1.40. The molecule has 0 bridgehead atoms. The van der Waals surface area contributed by atoms with Crippen LogP contribution in [0.3, 0.4) is 0 Å². The van der Waals surface area contributed by atoms with Crippen molar-refractivity contribution in [3.63, 3.8) is 0 Å². The molecular weight excluding hydrogens is 354 g/mol. The second-order valence-electron chi connectivity index (χ2n) is 5.88. The Bertz CT molecular complexity index is 887. The van der Waals surface area contributed by atoms with Crippen molar-refractivity contribution in [2.45, 2.75) is 26.4 Å². The molecule has 0 unspecified atom stereocenters. The Hall–Kier alpha value is -2.67. The number of hydrogen-bond acceptors (Lipinski definition) is 5. The molecule has 2 aromatic carbocycles. The number of ether oxygens (including phenoxy) is 1. The largest absolute Gasteiger partial charge is 0.483 e. The quantitative estimate of drug-likeness (QED) is 0.715. The van der Waals surface area contributed by atoms with Crippen molar-refractivity contribution in [3.05, 3.63) is 59.7 Å². The summed E-state index contributed by atoms with van der Waals surface area (Å²) >= 11 is 0. The van der Waals surface area contributed by atoms with E-state index in [1.165, 1.54) is 12.1 Å². The summed E-state index contributed by atoms with van der Waals surface area (Å²) in [4.78, 5) is 24.1. The monoisotopic (exact) mass is 375 g/mol. The first-order valence-electron chi connectivity index (χ1n) is 8.11. The van der Waals surface area contributed by atoms with Crippen molar-refractivity contribution in [2.75, 3.05) is 11.0 Å². The molecule has 2 aromatic rings. The second-order valence-corrected chi connectivity index (χ2v) is 7.63. The fourth-order valence-electron chi connectivity index (χ4n) is 2.33. The van der Waals surface area contributed by atoms with Crippen LogP contribution in [0.2, 0.25) is 0 Å². The Kier molecular flexibility index (Phi) is 6.15. The molecule has 0 amide bonds. The highest BCUT2D eigenvalue weighted by atomic mass is 32.2. The van der Waals surface area contributed by atoms with Gasteiger partial charge in [0.1, 0.15) is 5.75 Å². The third-order valence-electron chi connectivity index (χ3n) is 3.65. The number of hydrogen-bond donors (Lipinski definition) is 1. The third kappa shape index (κ3) is 5.42. The zero-order chi connectivity index (χ0) is 19.3. The highest BCUT2D eigenvalue weighted by Gasteiger charge is 2.17. The van der Waals surface area contributed by atoms with E-state index in [1.807, 2.05) is 0 Å². The van der Waals surface area contributed by atoms with Gasteiger partial charge in [-0.25, -0.2) is 8.42 Å². The van der Waals surface area contributed by atoms with E-state index in [2.05, 4.69) is 4.72 Å². The Labute approximate surface area is 153 Å². The molecule has 0 aromatic heterocycles. The number of benzene rings is 2. The fourth-order valence-corrected chi connectivity index (χ4v) is 2.90. The van der Waals surface area contributed by atoms with E-state index in [1.54, 1.807) is 50.2 Å². The molecule has 138 valence electrons. The average molecular weight is 375 g/mol. The zero-order valence-corrected chi connectivity index (χ0v) is 15.7. The number of anilines is 1. The van der Waals surface area contributed by atoms with Crippen molar-refractivity contribution < 1.29 is 22.7 Å². The lowest BCUT2D eigenvalue weighted by atomic mass is 10.1. The number of carbonyl (C=O) groups is 2. The minimum Gasteiger partial charge on any atom is -0.483 e. The molecule has 1 N–H and O–H groups in total. The van der Waals surface area contributed by atoms with Crippen LogP contribution in [0.1, 0.15) is 41.0 Å². The smallest absolute Gasteiger partial charge is 0.229 e. The molecular formula is C19H21NO5S. The molecule has 0 aliphatic rings. The van der Waals surface area contributed by atoms with Crippen LogP contribution in [0, 0.1) is 0 Å². The number of Topliss-reactive ketones (excluding diaryl/α,β-unsaturated/α-hetero) is 2. The van der Waals surface area contributed by atoms with Crippen LogP contribution in [0.25, 0.3) is 0 Å². The number of sulfonamides is 1. The Morgan fingerprint density at radius 1 is 1.00 bits per heavy atom. The van der Waals surface area contributed by atoms with Gasteiger partial charge in [0.25, 0.3) is 0 Å². The van der Waals surface area contributed by atoms with Crippen molar-refractivity contribution in [2.24, 2.45) is 0 Å². The molecule has 0 saturated carbocycles. The van der Waals surface area contributed by atoms with Crippen molar-refractivity contribution in [3.8, 4) is 5.75 Å². The van der Waals surface area contributed by atoms with Crippen LogP contribution in [0.5, 0.6) is 5.75 Å². The average Bonchev–Trinajstić information content (AvgIpc) is 2.60. The van der Waals surface area contributed by atoms with Gasteiger partial charge < -0.3 is 4.74 Å². The summed E-state index contributed by atoms with van der Waals surface area (Å²) in [6, 6.07) is 12.8. The first-order valence-corrected chi connectivity index (χ1v) is 10.0. The van der Waals surface area contributed by atoms with Crippen molar-refractivity contribution in [1.82, 2.24) is 0 Å². The van der Waals surface area contributed by atoms with E-state index in [0.717, 1.165) is 6.26 Å². The molecule has 0 saturated heterocycles. The molecule has 26 heavy (non-hydrogen) atoms. The lowest BCUT2D eigenvalue weighted by Crippen LogP contribution is -2.24. The molecule has 6 nitrogen and oxygen atoms in total. The predicted octanol–water partition coefficient (Wildman–Crippen LogP) is 3.30. The lowest BCUT2D eigenvalue weighted by molar-refractivity contribution is 0.0817. The zero-order valence-electron chi connectivity index (χ0n) is 14.9. The first-order chi connectivity index (χ1) is 12.2. The van der Waals surface area contributed by atoms with E-state index < -0.39 is 16.1 Å². The maximum atomic E-state index is 12.4. The molecule has 2 rings (SSSR count). The minimum absolute atomic E-state index is 0.0449. The summed E-state index contributed by atoms with van der Waals surface area (Å²) in [6.45, 7) is 3.43. The molecule has 0 spiro atoms. The molecule has 0 heterocycles.